The Labute approximate surface area is 167 Å². The summed E-state index contributed by atoms with van der Waals surface area (Å²) in [5.74, 6) is 1.03. The summed E-state index contributed by atoms with van der Waals surface area (Å²) in [5.41, 5.74) is 9.36. The number of nitrogen functional groups attached to an aromatic ring is 1. The van der Waals surface area contributed by atoms with Gasteiger partial charge in [0.25, 0.3) is 5.56 Å². The first-order valence-corrected chi connectivity index (χ1v) is 9.00. The molecule has 0 unspecified atom stereocenters. The molecule has 8 heteroatoms. The summed E-state index contributed by atoms with van der Waals surface area (Å²) in [4.78, 5) is 25.9. The van der Waals surface area contributed by atoms with Gasteiger partial charge in [0.1, 0.15) is 17.0 Å². The van der Waals surface area contributed by atoms with Crippen molar-refractivity contribution in [3.63, 3.8) is 0 Å². The van der Waals surface area contributed by atoms with Gasteiger partial charge in [-0.05, 0) is 35.9 Å². The predicted octanol–water partition coefficient (Wildman–Crippen LogP) is 2.59. The van der Waals surface area contributed by atoms with Crippen molar-refractivity contribution in [2.45, 2.75) is 6.54 Å². The molecule has 4 aromatic rings. The molecule has 0 aliphatic rings. The average Bonchev–Trinajstić information content (AvgIpc) is 2.75. The Morgan fingerprint density at radius 2 is 1.97 bits per heavy atom. The molecule has 0 saturated heterocycles. The Hall–Kier alpha value is -3.94. The van der Waals surface area contributed by atoms with Gasteiger partial charge in [-0.2, -0.15) is 0 Å². The fourth-order valence-electron chi connectivity index (χ4n) is 3.05. The van der Waals surface area contributed by atoms with Crippen molar-refractivity contribution in [3.05, 3.63) is 71.0 Å². The highest BCUT2D eigenvalue weighted by atomic mass is 16.5. The molecule has 0 saturated carbocycles. The van der Waals surface area contributed by atoms with Gasteiger partial charge in [-0.3, -0.25) is 9.78 Å². The van der Waals surface area contributed by atoms with E-state index < -0.39 is 0 Å². The van der Waals surface area contributed by atoms with Gasteiger partial charge >= 0.3 is 0 Å². The molecule has 0 amide bonds. The lowest BCUT2D eigenvalue weighted by atomic mass is 10.1. The molecule has 3 aromatic heterocycles. The number of rotatable bonds is 5. The topological polar surface area (TPSA) is 108 Å². The highest BCUT2D eigenvalue weighted by Crippen LogP contribution is 2.30. The summed E-state index contributed by atoms with van der Waals surface area (Å²) in [6.45, 7) is 0.497. The molecule has 0 spiro atoms. The van der Waals surface area contributed by atoms with Crippen LogP contribution < -0.4 is 21.3 Å². The van der Waals surface area contributed by atoms with Crippen molar-refractivity contribution < 1.29 is 4.74 Å². The first-order valence-electron chi connectivity index (χ1n) is 9.00. The molecule has 29 heavy (non-hydrogen) atoms. The second kappa shape index (κ2) is 7.59. The molecule has 0 aliphatic heterocycles. The number of aromatic nitrogens is 4. The van der Waals surface area contributed by atoms with Crippen molar-refractivity contribution in [2.75, 3.05) is 18.2 Å². The number of aryl methyl sites for hydroxylation is 1. The summed E-state index contributed by atoms with van der Waals surface area (Å²) in [6, 6.07) is 11.0. The van der Waals surface area contributed by atoms with E-state index in [-0.39, 0.29) is 5.56 Å². The van der Waals surface area contributed by atoms with Gasteiger partial charge in [-0.25, -0.2) is 9.97 Å². The number of hydrogen-bond donors (Lipinski definition) is 2. The van der Waals surface area contributed by atoms with Gasteiger partial charge < -0.3 is 20.4 Å². The molecule has 8 nitrogen and oxygen atoms in total. The number of fused-ring (bicyclic) bond motifs is 1. The summed E-state index contributed by atoms with van der Waals surface area (Å²) >= 11 is 0. The number of hydrogen-bond acceptors (Lipinski definition) is 7. The Morgan fingerprint density at radius 1 is 1.17 bits per heavy atom. The fraction of sp³-hybridized carbons (Fsp3) is 0.143. The highest BCUT2D eigenvalue weighted by molar-refractivity contribution is 5.91. The van der Waals surface area contributed by atoms with Crippen LogP contribution in [0.4, 0.5) is 11.5 Å². The minimum absolute atomic E-state index is 0.166. The minimum atomic E-state index is -0.166. The number of nitrogens with two attached hydrogens (primary N) is 1. The smallest absolute Gasteiger partial charge is 0.264 e. The largest absolute Gasteiger partial charge is 0.495 e. The summed E-state index contributed by atoms with van der Waals surface area (Å²) in [5, 5.41) is 3.71. The summed E-state index contributed by atoms with van der Waals surface area (Å²) < 4.78 is 6.76. The normalized spacial score (nSPS) is 10.8. The van der Waals surface area contributed by atoms with Gasteiger partial charge in [-0.1, -0.05) is 6.07 Å². The van der Waals surface area contributed by atoms with E-state index in [1.807, 2.05) is 24.3 Å². The number of ether oxygens (including phenoxy) is 1. The van der Waals surface area contributed by atoms with Crippen LogP contribution in [0.5, 0.6) is 5.75 Å². The van der Waals surface area contributed by atoms with E-state index in [0.29, 0.717) is 40.4 Å². The molecule has 146 valence electrons. The van der Waals surface area contributed by atoms with E-state index in [1.165, 1.54) is 10.9 Å². The Balaban J connectivity index is 1.85. The minimum Gasteiger partial charge on any atom is -0.495 e. The van der Waals surface area contributed by atoms with Crippen LogP contribution in [0, 0.1) is 0 Å². The van der Waals surface area contributed by atoms with Crippen LogP contribution in [0.2, 0.25) is 0 Å². The highest BCUT2D eigenvalue weighted by Gasteiger charge is 2.14. The number of pyridine rings is 2. The zero-order chi connectivity index (χ0) is 20.4. The predicted molar refractivity (Wildman–Crippen MR) is 113 cm³/mol. The molecule has 3 heterocycles. The van der Waals surface area contributed by atoms with Crippen LogP contribution in [0.1, 0.15) is 5.56 Å². The number of nitrogens with one attached hydrogen (secondary N) is 1. The van der Waals surface area contributed by atoms with E-state index in [1.54, 1.807) is 38.7 Å². The molecule has 1 aromatic carbocycles. The second-order valence-electron chi connectivity index (χ2n) is 6.58. The van der Waals surface area contributed by atoms with Gasteiger partial charge in [0.2, 0.25) is 0 Å². The lowest BCUT2D eigenvalue weighted by Gasteiger charge is -2.13. The molecule has 0 atom stereocenters. The first-order chi connectivity index (χ1) is 14.1. The van der Waals surface area contributed by atoms with E-state index in [4.69, 9.17) is 15.5 Å². The zero-order valence-electron chi connectivity index (χ0n) is 16.1. The SMILES string of the molecule is COc1cc(-c2cc3ncn(C)c(=O)c3c(NCc3ccncc3)n2)ccc1N. The third kappa shape index (κ3) is 3.60. The molecule has 0 fully saturated rings. The summed E-state index contributed by atoms with van der Waals surface area (Å²) in [7, 11) is 3.23. The van der Waals surface area contributed by atoms with Crippen molar-refractivity contribution in [2.24, 2.45) is 7.05 Å². The monoisotopic (exact) mass is 388 g/mol. The summed E-state index contributed by atoms with van der Waals surface area (Å²) in [6.07, 6.45) is 4.95. The van der Waals surface area contributed by atoms with E-state index in [2.05, 4.69) is 15.3 Å². The Morgan fingerprint density at radius 3 is 2.72 bits per heavy atom. The first kappa shape index (κ1) is 18.4. The zero-order valence-corrected chi connectivity index (χ0v) is 16.1. The van der Waals surface area contributed by atoms with Gasteiger partial charge in [0.15, 0.2) is 0 Å². The van der Waals surface area contributed by atoms with Crippen molar-refractivity contribution in [1.82, 2.24) is 19.5 Å². The van der Waals surface area contributed by atoms with Crippen LogP contribution in [0.3, 0.4) is 0 Å². The van der Waals surface area contributed by atoms with Crippen LogP contribution in [0.25, 0.3) is 22.2 Å². The fourth-order valence-corrected chi connectivity index (χ4v) is 3.05. The number of nitrogens with zero attached hydrogens (tertiary/aromatic N) is 4. The van der Waals surface area contributed by atoms with Crippen LogP contribution in [-0.4, -0.2) is 26.6 Å². The van der Waals surface area contributed by atoms with Gasteiger partial charge in [-0.15, -0.1) is 0 Å². The third-order valence-corrected chi connectivity index (χ3v) is 4.64. The lowest BCUT2D eigenvalue weighted by molar-refractivity contribution is 0.417. The maximum Gasteiger partial charge on any atom is 0.264 e. The molecular formula is C21H20N6O2. The van der Waals surface area contributed by atoms with Crippen molar-refractivity contribution in [3.8, 4) is 17.0 Å². The quantitative estimate of drug-likeness (QED) is 0.506. The molecule has 0 radical (unpaired) electrons. The third-order valence-electron chi connectivity index (χ3n) is 4.64. The number of benzene rings is 1. The Kier molecular flexibility index (Phi) is 4.82. The van der Waals surface area contributed by atoms with E-state index in [0.717, 1.165) is 11.1 Å². The van der Waals surface area contributed by atoms with Crippen LogP contribution >= 0.6 is 0 Å². The average molecular weight is 388 g/mol. The van der Waals surface area contributed by atoms with Crippen LogP contribution in [-0.2, 0) is 13.6 Å². The molecular weight excluding hydrogens is 368 g/mol. The van der Waals surface area contributed by atoms with Gasteiger partial charge in [0.05, 0.1) is 30.3 Å². The maximum absolute atomic E-state index is 12.7. The lowest BCUT2D eigenvalue weighted by Crippen LogP contribution is -2.19. The van der Waals surface area contributed by atoms with Crippen molar-refractivity contribution >= 4 is 22.4 Å². The molecule has 0 aliphatic carbocycles. The Bertz CT molecular complexity index is 1240. The van der Waals surface area contributed by atoms with Crippen molar-refractivity contribution in [1.29, 1.82) is 0 Å². The van der Waals surface area contributed by atoms with E-state index in [9.17, 15) is 4.79 Å². The van der Waals surface area contributed by atoms with Gasteiger partial charge in [0, 0.05) is 31.5 Å². The van der Waals surface area contributed by atoms with E-state index >= 15 is 0 Å². The molecule has 3 N–H and O–H groups in total. The van der Waals surface area contributed by atoms with Crippen LogP contribution in [0.15, 0.2) is 59.9 Å². The number of anilines is 2. The molecule has 0 bridgehead atoms. The number of methoxy groups -OCH3 is 1. The molecule has 4 rings (SSSR count). The second-order valence-corrected chi connectivity index (χ2v) is 6.58. The maximum atomic E-state index is 12.7. The standard InChI is InChI=1S/C21H20N6O2/c1-27-12-25-17-10-16(14-3-4-15(22)18(9-14)29-2)26-20(19(17)21(27)28)24-11-13-5-7-23-8-6-13/h3-10,12H,11,22H2,1-2H3,(H,24,26).